The van der Waals surface area contributed by atoms with Crippen LogP contribution in [0, 0.1) is 5.82 Å². The second-order valence-electron chi connectivity index (χ2n) is 6.07. The maximum atomic E-state index is 13.2. The molecule has 0 radical (unpaired) electrons. The van der Waals surface area contributed by atoms with Gasteiger partial charge in [-0.25, -0.2) is 14.4 Å². The summed E-state index contributed by atoms with van der Waals surface area (Å²) in [5.74, 6) is 0.388. The number of nitrogens with one attached hydrogen (secondary N) is 2. The van der Waals surface area contributed by atoms with Crippen LogP contribution in [-0.4, -0.2) is 22.0 Å². The average Bonchev–Trinajstić information content (AvgIpc) is 2.63. The molecule has 0 saturated heterocycles. The van der Waals surface area contributed by atoms with Crippen LogP contribution in [0.15, 0.2) is 60.9 Å². The molecule has 6 nitrogen and oxygen atoms in total. The molecule has 27 heavy (non-hydrogen) atoms. The molecule has 1 amide bonds. The number of nitrogens with zero attached hydrogens (tertiary/aromatic N) is 2. The van der Waals surface area contributed by atoms with Crippen LogP contribution in [0.4, 0.5) is 21.6 Å². The Kier molecular flexibility index (Phi) is 5.61. The number of aromatic nitrogens is 2. The number of hydrogen-bond acceptors (Lipinski definition) is 5. The van der Waals surface area contributed by atoms with Crippen molar-refractivity contribution in [2.45, 2.75) is 20.0 Å². The monoisotopic (exact) mass is 366 g/mol. The van der Waals surface area contributed by atoms with Gasteiger partial charge in [-0.15, -0.1) is 0 Å². The highest BCUT2D eigenvalue weighted by Gasteiger charge is 2.09. The Hall–Kier alpha value is -3.48. The van der Waals surface area contributed by atoms with Gasteiger partial charge in [0, 0.05) is 11.4 Å². The smallest absolute Gasteiger partial charge is 0.275 e. The van der Waals surface area contributed by atoms with E-state index in [0.29, 0.717) is 11.5 Å². The molecule has 0 saturated carbocycles. The largest absolute Gasteiger partial charge is 0.491 e. The molecule has 0 fully saturated rings. The lowest BCUT2D eigenvalue weighted by atomic mass is 10.3. The summed E-state index contributed by atoms with van der Waals surface area (Å²) in [6.45, 7) is 3.93. The van der Waals surface area contributed by atoms with Gasteiger partial charge in [-0.05, 0) is 56.3 Å². The molecule has 2 N–H and O–H groups in total. The van der Waals surface area contributed by atoms with Crippen LogP contribution in [0.25, 0.3) is 0 Å². The molecular formula is C20H19FN4O2. The molecule has 0 unspecified atom stereocenters. The third-order valence-corrected chi connectivity index (χ3v) is 3.47. The van der Waals surface area contributed by atoms with Crippen LogP contribution in [0.5, 0.6) is 5.75 Å². The third kappa shape index (κ3) is 5.24. The van der Waals surface area contributed by atoms with Gasteiger partial charge in [-0.1, -0.05) is 6.07 Å². The second kappa shape index (κ2) is 8.27. The van der Waals surface area contributed by atoms with E-state index >= 15 is 0 Å². The number of carbonyl (C=O) groups excluding carboxylic acids is 1. The Bertz CT molecular complexity index is 912. The van der Waals surface area contributed by atoms with Crippen molar-refractivity contribution in [1.29, 1.82) is 0 Å². The minimum absolute atomic E-state index is 0.112. The van der Waals surface area contributed by atoms with Crippen LogP contribution in [0.3, 0.4) is 0 Å². The van der Waals surface area contributed by atoms with Gasteiger partial charge in [0.25, 0.3) is 5.91 Å². The first-order valence-corrected chi connectivity index (χ1v) is 8.42. The highest BCUT2D eigenvalue weighted by molar-refractivity contribution is 6.02. The minimum Gasteiger partial charge on any atom is -0.491 e. The summed E-state index contributed by atoms with van der Waals surface area (Å²) in [4.78, 5) is 20.4. The predicted molar refractivity (Wildman–Crippen MR) is 102 cm³/mol. The highest BCUT2D eigenvalue weighted by Crippen LogP contribution is 2.19. The van der Waals surface area contributed by atoms with Crippen molar-refractivity contribution in [2.75, 3.05) is 10.6 Å². The van der Waals surface area contributed by atoms with Gasteiger partial charge < -0.3 is 15.4 Å². The molecular weight excluding hydrogens is 347 g/mol. The van der Waals surface area contributed by atoms with Gasteiger partial charge in [-0.3, -0.25) is 4.79 Å². The molecule has 0 aliphatic heterocycles. The number of carbonyl (C=O) groups is 1. The zero-order valence-electron chi connectivity index (χ0n) is 14.9. The van der Waals surface area contributed by atoms with Crippen molar-refractivity contribution in [3.05, 3.63) is 72.4 Å². The summed E-state index contributed by atoms with van der Waals surface area (Å²) in [7, 11) is 0. The van der Waals surface area contributed by atoms with Gasteiger partial charge >= 0.3 is 0 Å². The van der Waals surface area contributed by atoms with Crippen LogP contribution < -0.4 is 15.4 Å². The normalized spacial score (nSPS) is 10.5. The molecule has 1 aromatic heterocycles. The fraction of sp³-hybridized carbons (Fsp3) is 0.150. The summed E-state index contributed by atoms with van der Waals surface area (Å²) in [5, 5.41) is 5.67. The van der Waals surface area contributed by atoms with Crippen molar-refractivity contribution < 1.29 is 13.9 Å². The molecule has 3 aromatic rings. The zero-order valence-corrected chi connectivity index (χ0v) is 14.9. The molecule has 1 heterocycles. The maximum Gasteiger partial charge on any atom is 0.275 e. The van der Waals surface area contributed by atoms with Gasteiger partial charge in [0.2, 0.25) is 0 Å². The first kappa shape index (κ1) is 18.3. The SMILES string of the molecule is CC(C)Oc1ccc(Nc2cnc(C(=O)Nc3cccc(F)c3)cn2)cc1. The molecule has 0 aliphatic rings. The summed E-state index contributed by atoms with van der Waals surface area (Å²) in [5.41, 5.74) is 1.30. The van der Waals surface area contributed by atoms with Crippen LogP contribution in [0.1, 0.15) is 24.3 Å². The lowest BCUT2D eigenvalue weighted by molar-refractivity contribution is 0.102. The number of rotatable bonds is 6. The van der Waals surface area contributed by atoms with Crippen molar-refractivity contribution in [2.24, 2.45) is 0 Å². The minimum atomic E-state index is -0.463. The lowest BCUT2D eigenvalue weighted by Crippen LogP contribution is -2.14. The van der Waals surface area contributed by atoms with E-state index in [9.17, 15) is 9.18 Å². The summed E-state index contributed by atoms with van der Waals surface area (Å²) < 4.78 is 18.8. The molecule has 138 valence electrons. The number of amides is 1. The highest BCUT2D eigenvalue weighted by atomic mass is 19.1. The van der Waals surface area contributed by atoms with Gasteiger partial charge in [-0.2, -0.15) is 0 Å². The zero-order chi connectivity index (χ0) is 19.2. The van der Waals surface area contributed by atoms with Crippen molar-refractivity contribution in [1.82, 2.24) is 9.97 Å². The third-order valence-electron chi connectivity index (χ3n) is 3.47. The Morgan fingerprint density at radius 2 is 1.81 bits per heavy atom. The van der Waals surface area contributed by atoms with E-state index in [4.69, 9.17) is 4.74 Å². The quantitative estimate of drug-likeness (QED) is 0.676. The Balaban J connectivity index is 1.62. The maximum absolute atomic E-state index is 13.2. The summed E-state index contributed by atoms with van der Waals surface area (Å²) in [6.07, 6.45) is 2.92. The first-order chi connectivity index (χ1) is 13.0. The van der Waals surface area contributed by atoms with E-state index in [0.717, 1.165) is 11.4 Å². The number of benzene rings is 2. The number of ether oxygens (including phenoxy) is 1. The molecule has 3 rings (SSSR count). The number of hydrogen-bond donors (Lipinski definition) is 2. The van der Waals surface area contributed by atoms with Crippen LogP contribution in [-0.2, 0) is 0 Å². The molecule has 2 aromatic carbocycles. The van der Waals surface area contributed by atoms with Crippen molar-refractivity contribution in [3.8, 4) is 5.75 Å². The lowest BCUT2D eigenvalue weighted by Gasteiger charge is -2.11. The van der Waals surface area contributed by atoms with Gasteiger partial charge in [0.05, 0.1) is 18.5 Å². The predicted octanol–water partition coefficient (Wildman–Crippen LogP) is 4.40. The average molecular weight is 366 g/mol. The molecule has 0 spiro atoms. The summed E-state index contributed by atoms with van der Waals surface area (Å²) >= 11 is 0. The van der Waals surface area contributed by atoms with Gasteiger partial charge in [0.15, 0.2) is 0 Å². The van der Waals surface area contributed by atoms with E-state index in [1.807, 2.05) is 38.1 Å². The second-order valence-corrected chi connectivity index (χ2v) is 6.07. The Labute approximate surface area is 156 Å². The van der Waals surface area contributed by atoms with Crippen LogP contribution >= 0.6 is 0 Å². The Morgan fingerprint density at radius 3 is 2.44 bits per heavy atom. The van der Waals surface area contributed by atoms with Gasteiger partial charge in [0.1, 0.15) is 23.1 Å². The molecule has 0 atom stereocenters. The fourth-order valence-corrected chi connectivity index (χ4v) is 2.31. The van der Waals surface area contributed by atoms with E-state index in [1.165, 1.54) is 30.6 Å². The topological polar surface area (TPSA) is 76.1 Å². The molecule has 0 bridgehead atoms. The van der Waals surface area contributed by atoms with E-state index in [1.54, 1.807) is 6.07 Å². The van der Waals surface area contributed by atoms with E-state index in [2.05, 4.69) is 20.6 Å². The molecule has 7 heteroatoms. The number of anilines is 3. The van der Waals surface area contributed by atoms with E-state index in [-0.39, 0.29) is 11.8 Å². The van der Waals surface area contributed by atoms with Crippen molar-refractivity contribution in [3.63, 3.8) is 0 Å². The summed E-state index contributed by atoms with van der Waals surface area (Å²) in [6, 6.07) is 13.1. The molecule has 0 aliphatic carbocycles. The van der Waals surface area contributed by atoms with Crippen LogP contribution in [0.2, 0.25) is 0 Å². The first-order valence-electron chi connectivity index (χ1n) is 8.42. The standard InChI is InChI=1S/C20H19FN4O2/c1-13(2)27-17-8-6-15(7-9-17)24-19-12-22-18(11-23-19)20(26)25-16-5-3-4-14(21)10-16/h3-13H,1-2H3,(H,23,24)(H,25,26). The van der Waals surface area contributed by atoms with E-state index < -0.39 is 11.7 Å². The Morgan fingerprint density at radius 1 is 1.04 bits per heavy atom. The van der Waals surface area contributed by atoms with Crippen molar-refractivity contribution >= 4 is 23.1 Å². The number of halogens is 1. The fourth-order valence-electron chi connectivity index (χ4n) is 2.31.